The SMILES string of the molecule is CCc1nsc(N(CC)CC(C)C#N)n1. The predicted octanol–water partition coefficient (Wildman–Crippen LogP) is 2.09. The van der Waals surface area contributed by atoms with E-state index in [4.69, 9.17) is 5.26 Å². The number of aromatic nitrogens is 2. The molecule has 82 valence electrons. The van der Waals surface area contributed by atoms with Gasteiger partial charge in [-0.1, -0.05) is 6.92 Å². The molecule has 0 saturated heterocycles. The highest BCUT2D eigenvalue weighted by Crippen LogP contribution is 2.18. The van der Waals surface area contributed by atoms with Crippen LogP contribution in [0.15, 0.2) is 0 Å². The van der Waals surface area contributed by atoms with Gasteiger partial charge in [0.2, 0.25) is 5.13 Å². The maximum absolute atomic E-state index is 8.77. The zero-order chi connectivity index (χ0) is 11.3. The topological polar surface area (TPSA) is 52.8 Å². The second kappa shape index (κ2) is 5.66. The van der Waals surface area contributed by atoms with Gasteiger partial charge >= 0.3 is 0 Å². The number of anilines is 1. The molecule has 0 bridgehead atoms. The molecule has 0 aliphatic heterocycles. The largest absolute Gasteiger partial charge is 0.346 e. The summed E-state index contributed by atoms with van der Waals surface area (Å²) in [4.78, 5) is 6.51. The summed E-state index contributed by atoms with van der Waals surface area (Å²) < 4.78 is 4.24. The minimum absolute atomic E-state index is 0.0268. The molecule has 1 unspecified atom stereocenters. The first-order chi connectivity index (χ1) is 7.21. The minimum Gasteiger partial charge on any atom is -0.346 e. The Hall–Kier alpha value is -1.15. The van der Waals surface area contributed by atoms with E-state index >= 15 is 0 Å². The third-order valence-electron chi connectivity index (χ3n) is 2.14. The van der Waals surface area contributed by atoms with E-state index in [1.165, 1.54) is 11.5 Å². The molecule has 1 aromatic heterocycles. The summed E-state index contributed by atoms with van der Waals surface area (Å²) in [6, 6.07) is 2.24. The summed E-state index contributed by atoms with van der Waals surface area (Å²) in [5, 5.41) is 9.70. The molecule has 4 nitrogen and oxygen atoms in total. The highest BCUT2D eigenvalue weighted by Gasteiger charge is 2.13. The van der Waals surface area contributed by atoms with Crippen LogP contribution in [-0.2, 0) is 6.42 Å². The molecule has 0 aliphatic carbocycles. The Balaban J connectivity index is 2.70. The molecule has 0 amide bonds. The number of hydrogen-bond donors (Lipinski definition) is 0. The maximum Gasteiger partial charge on any atom is 0.205 e. The van der Waals surface area contributed by atoms with Crippen molar-refractivity contribution in [2.24, 2.45) is 5.92 Å². The van der Waals surface area contributed by atoms with Gasteiger partial charge in [0.25, 0.3) is 0 Å². The van der Waals surface area contributed by atoms with Gasteiger partial charge in [-0.3, -0.25) is 0 Å². The van der Waals surface area contributed by atoms with Gasteiger partial charge in [-0.05, 0) is 13.8 Å². The number of hydrogen-bond acceptors (Lipinski definition) is 5. The van der Waals surface area contributed by atoms with Crippen LogP contribution >= 0.6 is 11.5 Å². The van der Waals surface area contributed by atoms with Crippen LogP contribution in [0, 0.1) is 17.2 Å². The molecule has 0 spiro atoms. The quantitative estimate of drug-likeness (QED) is 0.768. The molecular formula is C10H16N4S. The first kappa shape index (κ1) is 11.9. The van der Waals surface area contributed by atoms with Crippen molar-refractivity contribution < 1.29 is 0 Å². The second-order valence-corrected chi connectivity index (χ2v) is 4.15. The van der Waals surface area contributed by atoms with Crippen LogP contribution in [0.1, 0.15) is 26.6 Å². The summed E-state index contributed by atoms with van der Waals surface area (Å²) in [5.74, 6) is 0.914. The lowest BCUT2D eigenvalue weighted by molar-refractivity contribution is 0.683. The summed E-state index contributed by atoms with van der Waals surface area (Å²) in [7, 11) is 0. The smallest absolute Gasteiger partial charge is 0.205 e. The van der Waals surface area contributed by atoms with E-state index in [9.17, 15) is 0 Å². The molecule has 5 heteroatoms. The summed E-state index contributed by atoms with van der Waals surface area (Å²) in [6.07, 6.45) is 0.863. The van der Waals surface area contributed by atoms with Crippen LogP contribution in [0.25, 0.3) is 0 Å². The Labute approximate surface area is 94.7 Å². The summed E-state index contributed by atoms with van der Waals surface area (Å²) >= 11 is 1.41. The van der Waals surface area contributed by atoms with Crippen molar-refractivity contribution in [3.05, 3.63) is 5.82 Å². The number of nitrogens with zero attached hydrogens (tertiary/aromatic N) is 4. The van der Waals surface area contributed by atoms with Gasteiger partial charge < -0.3 is 4.90 Å². The Morgan fingerprint density at radius 1 is 1.53 bits per heavy atom. The van der Waals surface area contributed by atoms with Crippen molar-refractivity contribution in [1.82, 2.24) is 9.36 Å². The van der Waals surface area contributed by atoms with E-state index in [2.05, 4.69) is 27.3 Å². The van der Waals surface area contributed by atoms with Crippen molar-refractivity contribution in [1.29, 1.82) is 5.26 Å². The van der Waals surface area contributed by atoms with Crippen molar-refractivity contribution in [3.63, 3.8) is 0 Å². The second-order valence-electron chi connectivity index (χ2n) is 3.42. The molecule has 0 radical (unpaired) electrons. The zero-order valence-electron chi connectivity index (χ0n) is 9.40. The van der Waals surface area contributed by atoms with Gasteiger partial charge in [0.05, 0.1) is 12.0 Å². The van der Waals surface area contributed by atoms with Crippen LogP contribution in [0.2, 0.25) is 0 Å². The fourth-order valence-corrected chi connectivity index (χ4v) is 2.05. The highest BCUT2D eigenvalue weighted by molar-refractivity contribution is 7.09. The highest BCUT2D eigenvalue weighted by atomic mass is 32.1. The molecule has 15 heavy (non-hydrogen) atoms. The molecule has 1 heterocycles. The fourth-order valence-electron chi connectivity index (χ4n) is 1.23. The summed E-state index contributed by atoms with van der Waals surface area (Å²) in [6.45, 7) is 7.62. The molecule has 0 aromatic carbocycles. The molecule has 0 N–H and O–H groups in total. The molecule has 0 aliphatic rings. The van der Waals surface area contributed by atoms with Crippen molar-refractivity contribution in [3.8, 4) is 6.07 Å². The fraction of sp³-hybridized carbons (Fsp3) is 0.700. The molecule has 0 saturated carbocycles. The predicted molar refractivity (Wildman–Crippen MR) is 62.0 cm³/mol. The third kappa shape index (κ3) is 3.17. The van der Waals surface area contributed by atoms with Gasteiger partial charge in [-0.25, -0.2) is 4.98 Å². The summed E-state index contributed by atoms with van der Waals surface area (Å²) in [5.41, 5.74) is 0. The van der Waals surface area contributed by atoms with Crippen molar-refractivity contribution in [2.45, 2.75) is 27.2 Å². The third-order valence-corrected chi connectivity index (χ3v) is 2.96. The van der Waals surface area contributed by atoms with Crippen LogP contribution in [0.4, 0.5) is 5.13 Å². The Kier molecular flexibility index (Phi) is 4.50. The van der Waals surface area contributed by atoms with Gasteiger partial charge in [0.1, 0.15) is 5.82 Å². The normalized spacial score (nSPS) is 12.1. The maximum atomic E-state index is 8.77. The number of nitriles is 1. The number of rotatable bonds is 5. The molecule has 0 fully saturated rings. The van der Waals surface area contributed by atoms with Crippen LogP contribution in [0.3, 0.4) is 0 Å². The molecule has 1 atom stereocenters. The first-order valence-electron chi connectivity index (χ1n) is 5.18. The Morgan fingerprint density at radius 2 is 2.27 bits per heavy atom. The van der Waals surface area contributed by atoms with Crippen LogP contribution < -0.4 is 4.90 Å². The standard InChI is InChI=1S/C10H16N4S/c1-4-9-12-10(15-13-9)14(5-2)7-8(3)6-11/h8H,4-5,7H2,1-3H3. The van der Waals surface area contributed by atoms with E-state index in [0.717, 1.165) is 30.5 Å². The van der Waals surface area contributed by atoms with E-state index in [1.807, 2.05) is 13.8 Å². The van der Waals surface area contributed by atoms with Gasteiger partial charge in [-0.15, -0.1) is 0 Å². The van der Waals surface area contributed by atoms with Crippen molar-refractivity contribution in [2.75, 3.05) is 18.0 Å². The van der Waals surface area contributed by atoms with E-state index in [0.29, 0.717) is 0 Å². The Morgan fingerprint density at radius 3 is 2.73 bits per heavy atom. The Bertz CT molecular complexity index is 341. The molecule has 1 rings (SSSR count). The average molecular weight is 224 g/mol. The van der Waals surface area contributed by atoms with Crippen LogP contribution in [-0.4, -0.2) is 22.4 Å². The van der Waals surface area contributed by atoms with Crippen LogP contribution in [0.5, 0.6) is 0 Å². The van der Waals surface area contributed by atoms with Gasteiger partial charge in [-0.2, -0.15) is 9.64 Å². The average Bonchev–Trinajstić information content (AvgIpc) is 2.73. The van der Waals surface area contributed by atoms with Gasteiger partial charge in [0, 0.05) is 31.0 Å². The lowest BCUT2D eigenvalue weighted by Gasteiger charge is -2.19. The lowest BCUT2D eigenvalue weighted by Crippen LogP contribution is -2.27. The lowest BCUT2D eigenvalue weighted by atomic mass is 10.2. The van der Waals surface area contributed by atoms with Gasteiger partial charge in [0.15, 0.2) is 0 Å². The van der Waals surface area contributed by atoms with E-state index < -0.39 is 0 Å². The first-order valence-corrected chi connectivity index (χ1v) is 5.95. The van der Waals surface area contributed by atoms with Crippen molar-refractivity contribution >= 4 is 16.7 Å². The minimum atomic E-state index is 0.0268. The molecular weight excluding hydrogens is 208 g/mol. The van der Waals surface area contributed by atoms with E-state index in [1.54, 1.807) is 0 Å². The zero-order valence-corrected chi connectivity index (χ0v) is 10.2. The van der Waals surface area contributed by atoms with E-state index in [-0.39, 0.29) is 5.92 Å². The monoisotopic (exact) mass is 224 g/mol. The molecule has 1 aromatic rings. The number of aryl methyl sites for hydroxylation is 1.